The van der Waals surface area contributed by atoms with Crippen molar-refractivity contribution in [2.45, 2.75) is 83.4 Å². The number of carbonyl (C=O) groups excluding carboxylic acids is 3. The molecule has 3 N–H and O–H groups in total. The van der Waals surface area contributed by atoms with Crippen molar-refractivity contribution in [2.75, 3.05) is 41.0 Å². The Morgan fingerprint density at radius 1 is 1.00 bits per heavy atom. The first kappa shape index (κ1) is 39.2. The second-order valence-electron chi connectivity index (χ2n) is 16.4. The van der Waals surface area contributed by atoms with Crippen LogP contribution in [0.1, 0.15) is 76.3 Å². The Labute approximate surface area is 336 Å². The van der Waals surface area contributed by atoms with Crippen molar-refractivity contribution in [3.8, 4) is 28.1 Å². The van der Waals surface area contributed by atoms with Crippen LogP contribution in [-0.2, 0) is 30.3 Å². The second-order valence-corrected chi connectivity index (χ2v) is 16.4. The largest absolute Gasteiger partial charge is 0.488 e. The number of aromatic amines is 2. The van der Waals surface area contributed by atoms with Crippen LogP contribution in [0, 0.1) is 5.92 Å². The van der Waals surface area contributed by atoms with E-state index in [4.69, 9.17) is 33.7 Å². The van der Waals surface area contributed by atoms with Gasteiger partial charge in [-0.25, -0.2) is 19.6 Å². The minimum atomic E-state index is -0.904. The van der Waals surface area contributed by atoms with Gasteiger partial charge in [0.15, 0.2) is 0 Å². The summed E-state index contributed by atoms with van der Waals surface area (Å²) in [6.07, 6.45) is 2.44. The van der Waals surface area contributed by atoms with Gasteiger partial charge < -0.3 is 43.9 Å². The highest BCUT2D eigenvalue weighted by atomic mass is 16.6. The molecule has 1 unspecified atom stereocenters. The molecule has 3 aliphatic heterocycles. The number of likely N-dealkylation sites (tertiary alicyclic amines) is 2. The van der Waals surface area contributed by atoms with Gasteiger partial charge in [-0.1, -0.05) is 18.2 Å². The zero-order valence-electron chi connectivity index (χ0n) is 34.0. The molecule has 58 heavy (non-hydrogen) atoms. The molecule has 5 heterocycles. The number of fused-ring (bicyclic) bond motifs is 6. The first-order valence-electron chi connectivity index (χ1n) is 19.8. The predicted octanol–water partition coefficient (Wildman–Crippen LogP) is 7.03. The van der Waals surface area contributed by atoms with Crippen LogP contribution < -0.4 is 10.1 Å². The predicted molar refractivity (Wildman–Crippen MR) is 216 cm³/mol. The highest BCUT2D eigenvalue weighted by molar-refractivity contribution is 6.07. The maximum atomic E-state index is 13.7. The van der Waals surface area contributed by atoms with E-state index < -0.39 is 23.8 Å². The van der Waals surface area contributed by atoms with E-state index in [0.29, 0.717) is 38.5 Å². The van der Waals surface area contributed by atoms with Crippen molar-refractivity contribution in [1.82, 2.24) is 35.1 Å². The standard InChI is InChI=1S/C43H51N7O8/c1-23(55-6)36(48-41(52)56-7)40(51)49-14-8-9-33(49)38-44-19-32(46-38)26-10-12-28-27(16-26)22-57-35-18-29-25(17-30(28)35)11-13-31-37(29)47-39(45-31)34-15-24(21-54-5)20-50(34)42(53)58-43(2,3)4/h10-13,16-19,23-24,33-34,36H,8-9,14-15,20-22H2,1-7H3,(H,44,46)(H,45,47)(H,48,52)/t23-,24+,33+,34+,36?/m1/s1. The molecule has 8 rings (SSSR count). The summed E-state index contributed by atoms with van der Waals surface area (Å²) in [6, 6.07) is 13.2. The Morgan fingerprint density at radius 3 is 2.59 bits per heavy atom. The molecule has 0 spiro atoms. The number of benzene rings is 3. The number of alkyl carbamates (subject to hydrolysis) is 1. The van der Waals surface area contributed by atoms with Crippen molar-refractivity contribution in [2.24, 2.45) is 5.92 Å². The number of H-pyrrole nitrogens is 2. The summed E-state index contributed by atoms with van der Waals surface area (Å²) in [5.74, 6) is 2.10. The highest BCUT2D eigenvalue weighted by Crippen LogP contribution is 2.44. The first-order chi connectivity index (χ1) is 27.8. The Morgan fingerprint density at radius 2 is 1.83 bits per heavy atom. The fraction of sp³-hybridized carbons (Fsp3) is 0.465. The molecule has 15 heteroatoms. The van der Waals surface area contributed by atoms with E-state index in [2.05, 4.69) is 51.7 Å². The van der Waals surface area contributed by atoms with Crippen molar-refractivity contribution < 1.29 is 38.1 Å². The molecule has 0 aliphatic carbocycles. The summed E-state index contributed by atoms with van der Waals surface area (Å²) in [7, 11) is 4.44. The van der Waals surface area contributed by atoms with Crippen molar-refractivity contribution in [1.29, 1.82) is 0 Å². The number of amides is 3. The molecule has 2 aromatic heterocycles. The van der Waals surface area contributed by atoms with Gasteiger partial charge in [-0.05, 0) is 93.3 Å². The van der Waals surface area contributed by atoms with E-state index in [-0.39, 0.29) is 30.0 Å². The van der Waals surface area contributed by atoms with Crippen molar-refractivity contribution >= 4 is 39.9 Å². The number of imidazole rings is 2. The molecule has 3 amide bonds. The number of hydrogen-bond donors (Lipinski definition) is 3. The van der Waals surface area contributed by atoms with E-state index in [0.717, 1.165) is 74.2 Å². The monoisotopic (exact) mass is 793 g/mol. The molecular weight excluding hydrogens is 743 g/mol. The Kier molecular flexibility index (Phi) is 10.5. The van der Waals surface area contributed by atoms with Gasteiger partial charge in [-0.3, -0.25) is 9.69 Å². The normalized spacial score (nSPS) is 20.1. The van der Waals surface area contributed by atoms with E-state index in [1.54, 1.807) is 30.0 Å². The van der Waals surface area contributed by atoms with E-state index in [1.165, 1.54) is 14.2 Å². The number of ether oxygens (including phenoxy) is 5. The Hall–Kier alpha value is -5.67. The number of rotatable bonds is 9. The van der Waals surface area contributed by atoms with E-state index in [9.17, 15) is 14.4 Å². The Bertz CT molecular complexity index is 2370. The van der Waals surface area contributed by atoms with Crippen LogP contribution in [0.3, 0.4) is 0 Å². The van der Waals surface area contributed by atoms with Gasteiger partial charge in [-0.15, -0.1) is 0 Å². The zero-order chi connectivity index (χ0) is 40.9. The minimum Gasteiger partial charge on any atom is -0.488 e. The molecule has 2 fully saturated rings. The fourth-order valence-electron chi connectivity index (χ4n) is 8.55. The Balaban J connectivity index is 1.04. The summed E-state index contributed by atoms with van der Waals surface area (Å²) < 4.78 is 27.9. The lowest BCUT2D eigenvalue weighted by Gasteiger charge is -2.30. The third kappa shape index (κ3) is 7.44. The molecule has 3 aliphatic rings. The summed E-state index contributed by atoms with van der Waals surface area (Å²) in [5, 5.41) is 4.65. The minimum absolute atomic E-state index is 0.165. The summed E-state index contributed by atoms with van der Waals surface area (Å²) in [5.41, 5.74) is 6.00. The molecule has 0 bridgehead atoms. The maximum absolute atomic E-state index is 13.7. The van der Waals surface area contributed by atoms with E-state index >= 15 is 0 Å². The molecular formula is C43H51N7O8. The number of aromatic nitrogens is 4. The quantitative estimate of drug-likeness (QED) is 0.141. The number of nitrogens with zero attached hydrogens (tertiary/aromatic N) is 4. The van der Waals surface area contributed by atoms with Gasteiger partial charge in [0.2, 0.25) is 5.91 Å². The fourth-order valence-corrected chi connectivity index (χ4v) is 8.55. The summed E-state index contributed by atoms with van der Waals surface area (Å²) in [4.78, 5) is 59.4. The van der Waals surface area contributed by atoms with Crippen LogP contribution in [0.5, 0.6) is 5.75 Å². The van der Waals surface area contributed by atoms with Crippen molar-refractivity contribution in [3.63, 3.8) is 0 Å². The molecule has 2 saturated heterocycles. The topological polar surface area (TPSA) is 173 Å². The zero-order valence-corrected chi connectivity index (χ0v) is 34.0. The first-order valence-corrected chi connectivity index (χ1v) is 19.8. The molecule has 306 valence electrons. The van der Waals surface area contributed by atoms with Crippen LogP contribution in [0.25, 0.3) is 44.2 Å². The van der Waals surface area contributed by atoms with Crippen molar-refractivity contribution in [3.05, 3.63) is 65.9 Å². The van der Waals surface area contributed by atoms with Crippen LogP contribution in [0.4, 0.5) is 9.59 Å². The lowest BCUT2D eigenvalue weighted by molar-refractivity contribution is -0.137. The second kappa shape index (κ2) is 15.6. The molecule has 0 saturated carbocycles. The SMILES string of the molecule is COC[C@H]1C[C@@H](c2nc3ccc4cc5c(cc4c3[nH]2)OCc2cc(-c3cnc([C@@H]4CCCN4C(=O)C(NC(=O)OC)[C@@H](C)OC)[nH]3)ccc2-5)N(C(=O)OC(C)(C)C)C1. The van der Waals surface area contributed by atoms with Gasteiger partial charge >= 0.3 is 12.2 Å². The van der Waals surface area contributed by atoms with Crippen LogP contribution in [-0.4, -0.2) is 107 Å². The van der Waals surface area contributed by atoms with Gasteiger partial charge in [-0.2, -0.15) is 0 Å². The maximum Gasteiger partial charge on any atom is 0.410 e. The molecule has 15 nitrogen and oxygen atoms in total. The molecule has 5 aromatic rings. The van der Waals surface area contributed by atoms with Crippen LogP contribution in [0.15, 0.2) is 48.7 Å². The van der Waals surface area contributed by atoms with Crippen LogP contribution in [0.2, 0.25) is 0 Å². The van der Waals surface area contributed by atoms with Gasteiger partial charge in [0.05, 0.1) is 54.8 Å². The smallest absolute Gasteiger partial charge is 0.410 e. The highest BCUT2D eigenvalue weighted by Gasteiger charge is 2.41. The summed E-state index contributed by atoms with van der Waals surface area (Å²) >= 11 is 0. The molecule has 0 radical (unpaired) electrons. The lowest BCUT2D eigenvalue weighted by Crippen LogP contribution is -2.54. The third-order valence-corrected chi connectivity index (χ3v) is 11.4. The average molecular weight is 794 g/mol. The molecule has 3 aromatic carbocycles. The number of nitrogens with one attached hydrogen (secondary N) is 3. The molecule has 5 atom stereocenters. The lowest BCUT2D eigenvalue weighted by atomic mass is 9.92. The van der Waals surface area contributed by atoms with E-state index in [1.807, 2.05) is 26.8 Å². The van der Waals surface area contributed by atoms with Gasteiger partial charge in [0.25, 0.3) is 0 Å². The number of carbonyl (C=O) groups is 3. The number of hydrogen-bond acceptors (Lipinski definition) is 10. The third-order valence-electron chi connectivity index (χ3n) is 11.4. The van der Waals surface area contributed by atoms with Gasteiger partial charge in [0, 0.05) is 44.2 Å². The summed E-state index contributed by atoms with van der Waals surface area (Å²) in [6.45, 7) is 9.35. The van der Waals surface area contributed by atoms with Gasteiger partial charge in [0.1, 0.15) is 35.6 Å². The van der Waals surface area contributed by atoms with Crippen LogP contribution >= 0.6 is 0 Å². The average Bonchev–Trinajstić information content (AvgIpc) is 4.04. The number of methoxy groups -OCH3 is 3.